The maximum Gasteiger partial charge on any atom is 0.188 e. The third kappa shape index (κ3) is 8.99. The van der Waals surface area contributed by atoms with Gasteiger partial charge in [-0.1, -0.05) is 65.1 Å². The van der Waals surface area contributed by atoms with Crippen molar-refractivity contribution < 1.29 is 0 Å². The smallest absolute Gasteiger partial charge is 0.188 e. The number of hydrogen-bond acceptors (Lipinski definition) is 3. The van der Waals surface area contributed by atoms with Gasteiger partial charge in [-0.25, -0.2) is 4.98 Å². The van der Waals surface area contributed by atoms with Gasteiger partial charge in [0, 0.05) is 5.38 Å². The van der Waals surface area contributed by atoms with Crippen LogP contribution >= 0.6 is 23.6 Å². The fourth-order valence-electron chi connectivity index (χ4n) is 1.27. The van der Waals surface area contributed by atoms with Crippen molar-refractivity contribution in [2.45, 2.75) is 54.9 Å². The van der Waals surface area contributed by atoms with Gasteiger partial charge in [0.15, 0.2) is 5.13 Å². The second-order valence-corrected chi connectivity index (χ2v) is 4.76. The zero-order chi connectivity index (χ0) is 16.0. The normalized spacial score (nSPS) is 10.2. The van der Waals surface area contributed by atoms with Crippen LogP contribution in [0.3, 0.4) is 0 Å². The quantitative estimate of drug-likeness (QED) is 0.520. The van der Waals surface area contributed by atoms with E-state index in [-0.39, 0.29) is 0 Å². The van der Waals surface area contributed by atoms with Crippen molar-refractivity contribution >= 4 is 39.2 Å². The Morgan fingerprint density at radius 3 is 2.40 bits per heavy atom. The number of aromatic nitrogens is 1. The van der Waals surface area contributed by atoms with E-state index in [0.29, 0.717) is 0 Å². The van der Waals surface area contributed by atoms with Crippen LogP contribution in [0.15, 0.2) is 23.6 Å². The lowest BCUT2D eigenvalue weighted by Crippen LogP contribution is -2.02. The van der Waals surface area contributed by atoms with E-state index in [0.717, 1.165) is 27.8 Å². The molecule has 0 aliphatic rings. The zero-order valence-corrected chi connectivity index (χ0v) is 15.4. The third-order valence-electron chi connectivity index (χ3n) is 1.85. The van der Waals surface area contributed by atoms with Crippen molar-refractivity contribution in [2.75, 3.05) is 5.32 Å². The molecule has 0 aliphatic carbocycles. The first-order valence-electron chi connectivity index (χ1n) is 7.23. The Bertz CT molecular complexity index is 418. The lowest BCUT2D eigenvalue weighted by molar-refractivity contribution is 1.22. The molecule has 1 rings (SSSR count). The summed E-state index contributed by atoms with van der Waals surface area (Å²) in [7, 11) is 0. The van der Waals surface area contributed by atoms with Crippen LogP contribution in [0, 0.1) is 0 Å². The predicted octanol–water partition coefficient (Wildman–Crippen LogP) is 6.32. The Morgan fingerprint density at radius 1 is 1.35 bits per heavy atom. The molecule has 0 aromatic carbocycles. The van der Waals surface area contributed by atoms with Gasteiger partial charge in [-0.05, 0) is 25.8 Å². The van der Waals surface area contributed by atoms with Crippen LogP contribution in [0.2, 0.25) is 0 Å². The van der Waals surface area contributed by atoms with E-state index in [1.807, 2.05) is 53.0 Å². The topological polar surface area (TPSA) is 24.9 Å². The highest BCUT2D eigenvalue weighted by Crippen LogP contribution is 2.23. The van der Waals surface area contributed by atoms with Crippen molar-refractivity contribution in [1.82, 2.24) is 4.98 Å². The summed E-state index contributed by atoms with van der Waals surface area (Å²) in [6.07, 6.45) is 7.28. The van der Waals surface area contributed by atoms with Crippen LogP contribution in [0.25, 0.3) is 5.57 Å². The number of anilines is 1. The molecule has 20 heavy (non-hydrogen) atoms. The Morgan fingerprint density at radius 2 is 1.95 bits per heavy atom. The molecule has 0 bridgehead atoms. The fraction of sp³-hybridized carbons (Fsp3) is 0.500. The molecule has 0 saturated heterocycles. The summed E-state index contributed by atoms with van der Waals surface area (Å²) < 4.78 is 0. The van der Waals surface area contributed by atoms with Crippen molar-refractivity contribution in [3.8, 4) is 0 Å². The van der Waals surface area contributed by atoms with E-state index in [2.05, 4.69) is 29.4 Å². The summed E-state index contributed by atoms with van der Waals surface area (Å²) in [5.41, 5.74) is 2.17. The monoisotopic (exact) mass is 312 g/mol. The van der Waals surface area contributed by atoms with Gasteiger partial charge in [0.05, 0.1) is 10.7 Å². The van der Waals surface area contributed by atoms with E-state index in [1.165, 1.54) is 0 Å². The number of thiazole rings is 1. The van der Waals surface area contributed by atoms with Crippen LogP contribution in [0.4, 0.5) is 5.13 Å². The molecule has 0 unspecified atom stereocenters. The van der Waals surface area contributed by atoms with Gasteiger partial charge in [-0.2, -0.15) is 0 Å². The molecule has 0 fully saturated rings. The van der Waals surface area contributed by atoms with E-state index in [9.17, 15) is 0 Å². The first kappa shape index (κ1) is 21.3. The summed E-state index contributed by atoms with van der Waals surface area (Å²) in [6, 6.07) is 0. The molecule has 0 saturated carbocycles. The summed E-state index contributed by atoms with van der Waals surface area (Å²) >= 11 is 6.56. The molecule has 1 aromatic rings. The average Bonchev–Trinajstić information content (AvgIpc) is 2.90. The highest BCUT2D eigenvalue weighted by Gasteiger charge is 2.04. The highest BCUT2D eigenvalue weighted by atomic mass is 32.1. The molecule has 0 radical (unpaired) electrons. The zero-order valence-electron chi connectivity index (χ0n) is 13.8. The van der Waals surface area contributed by atoms with Gasteiger partial charge in [-0.3, -0.25) is 0 Å². The maximum absolute atomic E-state index is 4.98. The van der Waals surface area contributed by atoms with Crippen molar-refractivity contribution in [3.05, 3.63) is 29.3 Å². The minimum Gasteiger partial charge on any atom is -0.326 e. The van der Waals surface area contributed by atoms with Crippen LogP contribution < -0.4 is 5.32 Å². The van der Waals surface area contributed by atoms with E-state index >= 15 is 0 Å². The first-order valence-corrected chi connectivity index (χ1v) is 8.52. The van der Waals surface area contributed by atoms with Crippen LogP contribution in [-0.2, 0) is 0 Å². The Hall–Kier alpha value is -1.00. The molecular formula is C16H28N2S2. The van der Waals surface area contributed by atoms with Gasteiger partial charge in [-0.15, -0.1) is 11.3 Å². The molecule has 1 aromatic heterocycles. The summed E-state index contributed by atoms with van der Waals surface area (Å²) in [4.78, 5) is 5.23. The van der Waals surface area contributed by atoms with Crippen molar-refractivity contribution in [3.63, 3.8) is 0 Å². The van der Waals surface area contributed by atoms with E-state index in [1.54, 1.807) is 11.3 Å². The largest absolute Gasteiger partial charge is 0.326 e. The lowest BCUT2D eigenvalue weighted by Gasteiger charge is -1.98. The average molecular weight is 313 g/mol. The van der Waals surface area contributed by atoms with Crippen molar-refractivity contribution in [2.24, 2.45) is 0 Å². The molecule has 0 amide bonds. The molecular weight excluding hydrogens is 284 g/mol. The highest BCUT2D eigenvalue weighted by molar-refractivity contribution is 7.80. The molecule has 0 aliphatic heterocycles. The Kier molecular flexibility index (Phi) is 15.3. The first-order chi connectivity index (χ1) is 9.67. The van der Waals surface area contributed by atoms with Gasteiger partial charge in [0.2, 0.25) is 0 Å². The van der Waals surface area contributed by atoms with Gasteiger partial charge >= 0.3 is 0 Å². The second kappa shape index (κ2) is 14.4. The van der Waals surface area contributed by atoms with Crippen LogP contribution in [0.1, 0.15) is 60.6 Å². The van der Waals surface area contributed by atoms with Gasteiger partial charge in [0.25, 0.3) is 0 Å². The molecule has 0 atom stereocenters. The van der Waals surface area contributed by atoms with E-state index in [4.69, 9.17) is 12.2 Å². The molecule has 114 valence electrons. The van der Waals surface area contributed by atoms with Gasteiger partial charge in [0.1, 0.15) is 0 Å². The molecule has 4 heteroatoms. The molecule has 2 nitrogen and oxygen atoms in total. The molecule has 1 heterocycles. The predicted molar refractivity (Wildman–Crippen MR) is 99.8 cm³/mol. The fourth-order valence-corrected chi connectivity index (χ4v) is 2.21. The second-order valence-electron chi connectivity index (χ2n) is 3.29. The summed E-state index contributed by atoms with van der Waals surface area (Å²) in [5.74, 6) is 0. The molecule has 0 spiro atoms. The van der Waals surface area contributed by atoms with Gasteiger partial charge < -0.3 is 5.32 Å². The SMILES string of the molecule is C/C=C\C(=C/CC)c1csc(NC(C)=S)n1.CC.CC. The number of rotatable bonds is 4. The molecule has 1 N–H and O–H groups in total. The van der Waals surface area contributed by atoms with Crippen molar-refractivity contribution in [1.29, 1.82) is 0 Å². The number of hydrogen-bond donors (Lipinski definition) is 1. The number of thiocarbonyl (C=S) groups is 1. The Labute approximate surface area is 134 Å². The Balaban J connectivity index is 0. The lowest BCUT2D eigenvalue weighted by atomic mass is 10.1. The van der Waals surface area contributed by atoms with E-state index < -0.39 is 0 Å². The number of nitrogens with zero attached hydrogens (tertiary/aromatic N) is 1. The minimum atomic E-state index is 0.743. The summed E-state index contributed by atoms with van der Waals surface area (Å²) in [6.45, 7) is 14.0. The van der Waals surface area contributed by atoms with Crippen LogP contribution in [-0.4, -0.2) is 9.97 Å². The third-order valence-corrected chi connectivity index (χ3v) is 2.71. The maximum atomic E-state index is 4.98. The minimum absolute atomic E-state index is 0.743. The number of allylic oxidation sites excluding steroid dienone is 4. The number of nitrogens with one attached hydrogen (secondary N) is 1. The summed E-state index contributed by atoms with van der Waals surface area (Å²) in [5, 5.41) is 5.95. The standard InChI is InChI=1S/C12H16N2S2.2C2H6/c1-4-6-10(7-5-2)11-8-16-12(14-11)13-9(3)15;2*1-2/h4,6-8H,5H2,1-3H3,(H,13,14,15);2*1-2H3/b6-4-,10-7+;;. The van der Waals surface area contributed by atoms with Crippen LogP contribution in [0.5, 0.6) is 0 Å².